The lowest BCUT2D eigenvalue weighted by Gasteiger charge is -2.13. The molecule has 0 unspecified atom stereocenters. The number of anilines is 1. The molecule has 9 nitrogen and oxygen atoms in total. The number of guanidine groups is 1. The molecule has 0 aliphatic carbocycles. The van der Waals surface area contributed by atoms with Crippen molar-refractivity contribution in [1.29, 1.82) is 0 Å². The number of rotatable bonds is 7. The summed E-state index contributed by atoms with van der Waals surface area (Å²) in [5, 5.41) is 20.4. The highest BCUT2D eigenvalue weighted by Gasteiger charge is 2.13. The molecule has 3 N–H and O–H groups in total. The summed E-state index contributed by atoms with van der Waals surface area (Å²) in [7, 11) is 1.68. The lowest BCUT2D eigenvalue weighted by molar-refractivity contribution is -0.384. The summed E-state index contributed by atoms with van der Waals surface area (Å²) in [5.74, 6) is 2.13. The van der Waals surface area contributed by atoms with Crippen molar-refractivity contribution in [2.75, 3.05) is 32.2 Å². The molecule has 0 radical (unpaired) electrons. The van der Waals surface area contributed by atoms with Crippen LogP contribution in [0.1, 0.15) is 5.56 Å². The summed E-state index contributed by atoms with van der Waals surface area (Å²) < 4.78 is 10.7. The number of hydrogen-bond donors (Lipinski definition) is 3. The third-order valence-corrected chi connectivity index (χ3v) is 3.95. The van der Waals surface area contributed by atoms with Crippen LogP contribution >= 0.6 is 24.0 Å². The van der Waals surface area contributed by atoms with Crippen LogP contribution in [0.3, 0.4) is 0 Å². The standard InChI is InChI=1S/C18H21N5O4.HI/c1-19-18(22-11-13-6-7-16-17(10-13)27-12-26-16)21-9-8-20-14-4-2-3-5-15(14)23(24)25;/h2-7,10,20H,8-9,11-12H2,1H3,(H2,19,21,22);1H. The molecule has 0 saturated carbocycles. The Kier molecular flexibility index (Phi) is 8.11. The smallest absolute Gasteiger partial charge is 0.292 e. The van der Waals surface area contributed by atoms with Gasteiger partial charge in [0.05, 0.1) is 4.92 Å². The molecule has 0 bridgehead atoms. The number of nitrogens with zero attached hydrogens (tertiary/aromatic N) is 2. The van der Waals surface area contributed by atoms with E-state index in [2.05, 4.69) is 20.9 Å². The molecular formula is C18H22IN5O4. The van der Waals surface area contributed by atoms with E-state index >= 15 is 0 Å². The second kappa shape index (κ2) is 10.5. The van der Waals surface area contributed by atoms with Crippen LogP contribution in [0.2, 0.25) is 0 Å². The van der Waals surface area contributed by atoms with Gasteiger partial charge in [0.15, 0.2) is 17.5 Å². The molecule has 2 aromatic rings. The van der Waals surface area contributed by atoms with Crippen molar-refractivity contribution >= 4 is 41.3 Å². The molecule has 0 fully saturated rings. The predicted molar refractivity (Wildman–Crippen MR) is 118 cm³/mol. The average Bonchev–Trinajstić information content (AvgIpc) is 3.15. The van der Waals surface area contributed by atoms with E-state index in [1.165, 1.54) is 6.07 Å². The van der Waals surface area contributed by atoms with Crippen molar-refractivity contribution in [2.24, 2.45) is 4.99 Å². The van der Waals surface area contributed by atoms with Gasteiger partial charge in [-0.1, -0.05) is 18.2 Å². The molecule has 10 heteroatoms. The molecule has 0 atom stereocenters. The van der Waals surface area contributed by atoms with E-state index in [1.807, 2.05) is 18.2 Å². The zero-order valence-corrected chi connectivity index (χ0v) is 17.6. The summed E-state index contributed by atoms with van der Waals surface area (Å²) in [6.07, 6.45) is 0. The number of ether oxygens (including phenoxy) is 2. The monoisotopic (exact) mass is 499 g/mol. The van der Waals surface area contributed by atoms with Crippen LogP contribution in [0.4, 0.5) is 11.4 Å². The van der Waals surface area contributed by atoms with E-state index in [0.717, 1.165) is 17.1 Å². The first-order chi connectivity index (χ1) is 13.2. The topological polar surface area (TPSA) is 110 Å². The Labute approximate surface area is 179 Å². The summed E-state index contributed by atoms with van der Waals surface area (Å²) in [4.78, 5) is 14.8. The maximum Gasteiger partial charge on any atom is 0.292 e. The number of aliphatic imine (C=N–C) groups is 1. The minimum atomic E-state index is -0.401. The van der Waals surface area contributed by atoms with Crippen molar-refractivity contribution in [3.8, 4) is 11.5 Å². The molecule has 3 rings (SSSR count). The normalized spacial score (nSPS) is 12.1. The molecule has 0 amide bonds. The van der Waals surface area contributed by atoms with Crippen molar-refractivity contribution < 1.29 is 14.4 Å². The third-order valence-electron chi connectivity index (χ3n) is 3.95. The van der Waals surface area contributed by atoms with Crippen LogP contribution in [-0.2, 0) is 6.54 Å². The third kappa shape index (κ3) is 5.62. The minimum absolute atomic E-state index is 0. The molecule has 150 valence electrons. The molecule has 1 heterocycles. The Morgan fingerprint density at radius 2 is 1.93 bits per heavy atom. The van der Waals surface area contributed by atoms with Crippen molar-refractivity contribution in [3.63, 3.8) is 0 Å². The summed E-state index contributed by atoms with van der Waals surface area (Å²) in [6, 6.07) is 12.3. The lowest BCUT2D eigenvalue weighted by atomic mass is 10.2. The van der Waals surface area contributed by atoms with Crippen LogP contribution < -0.4 is 25.4 Å². The van der Waals surface area contributed by atoms with Gasteiger partial charge in [0.2, 0.25) is 6.79 Å². The first-order valence-corrected chi connectivity index (χ1v) is 8.47. The quantitative estimate of drug-likeness (QED) is 0.134. The van der Waals surface area contributed by atoms with Crippen molar-refractivity contribution in [2.45, 2.75) is 6.54 Å². The minimum Gasteiger partial charge on any atom is -0.454 e. The fourth-order valence-electron chi connectivity index (χ4n) is 2.62. The molecule has 2 aromatic carbocycles. The Morgan fingerprint density at radius 3 is 2.71 bits per heavy atom. The van der Waals surface area contributed by atoms with Gasteiger partial charge in [-0.3, -0.25) is 15.1 Å². The fourth-order valence-corrected chi connectivity index (χ4v) is 2.62. The Bertz CT molecular complexity index is 846. The second-order valence-corrected chi connectivity index (χ2v) is 5.74. The van der Waals surface area contributed by atoms with E-state index in [0.29, 0.717) is 31.3 Å². The van der Waals surface area contributed by atoms with Crippen molar-refractivity contribution in [1.82, 2.24) is 10.6 Å². The highest BCUT2D eigenvalue weighted by atomic mass is 127. The second-order valence-electron chi connectivity index (χ2n) is 5.74. The molecule has 1 aliphatic heterocycles. The first kappa shape index (κ1) is 21.5. The molecule has 0 aromatic heterocycles. The van der Waals surface area contributed by atoms with E-state index in [1.54, 1.807) is 25.2 Å². The van der Waals surface area contributed by atoms with Crippen LogP contribution in [0.5, 0.6) is 11.5 Å². The van der Waals surface area contributed by atoms with Crippen LogP contribution in [-0.4, -0.2) is 37.8 Å². The van der Waals surface area contributed by atoms with Crippen LogP contribution in [0.25, 0.3) is 0 Å². The van der Waals surface area contributed by atoms with E-state index < -0.39 is 4.92 Å². The SMILES string of the molecule is CN=C(NCCNc1ccccc1[N+](=O)[O-])NCc1ccc2c(c1)OCO2.I. The molecule has 28 heavy (non-hydrogen) atoms. The van der Waals surface area contributed by atoms with Crippen LogP contribution in [0.15, 0.2) is 47.5 Å². The van der Waals surface area contributed by atoms with Gasteiger partial charge in [0.1, 0.15) is 5.69 Å². The van der Waals surface area contributed by atoms with Gasteiger partial charge in [0, 0.05) is 32.7 Å². The lowest BCUT2D eigenvalue weighted by Crippen LogP contribution is -2.39. The van der Waals surface area contributed by atoms with Gasteiger partial charge >= 0.3 is 0 Å². The first-order valence-electron chi connectivity index (χ1n) is 8.47. The number of fused-ring (bicyclic) bond motifs is 1. The van der Waals surface area contributed by atoms with Gasteiger partial charge < -0.3 is 25.4 Å². The average molecular weight is 499 g/mol. The van der Waals surface area contributed by atoms with E-state index in [4.69, 9.17) is 9.47 Å². The Hall–Kier alpha value is -2.76. The number of para-hydroxylation sites is 2. The van der Waals surface area contributed by atoms with Crippen LogP contribution in [0, 0.1) is 10.1 Å². The van der Waals surface area contributed by atoms with Gasteiger partial charge in [-0.25, -0.2) is 0 Å². The Morgan fingerprint density at radius 1 is 1.14 bits per heavy atom. The molecule has 1 aliphatic rings. The van der Waals surface area contributed by atoms with E-state index in [-0.39, 0.29) is 36.5 Å². The van der Waals surface area contributed by atoms with E-state index in [9.17, 15) is 10.1 Å². The highest BCUT2D eigenvalue weighted by molar-refractivity contribution is 14.0. The van der Waals surface area contributed by atoms with Gasteiger partial charge in [-0.05, 0) is 23.8 Å². The zero-order valence-electron chi connectivity index (χ0n) is 15.3. The van der Waals surface area contributed by atoms with Gasteiger partial charge in [-0.2, -0.15) is 0 Å². The number of nitro groups is 1. The maximum absolute atomic E-state index is 11.0. The molecule has 0 spiro atoms. The summed E-state index contributed by atoms with van der Waals surface area (Å²) in [6.45, 7) is 1.89. The number of halogens is 1. The number of nitro benzene ring substituents is 1. The van der Waals surface area contributed by atoms with Gasteiger partial charge in [-0.15, -0.1) is 24.0 Å². The zero-order chi connectivity index (χ0) is 19.1. The highest BCUT2D eigenvalue weighted by Crippen LogP contribution is 2.32. The Balaban J connectivity index is 0.00000280. The molecular weight excluding hydrogens is 477 g/mol. The molecule has 0 saturated heterocycles. The fraction of sp³-hybridized carbons (Fsp3) is 0.278. The maximum atomic E-state index is 11.0. The van der Waals surface area contributed by atoms with Gasteiger partial charge in [0.25, 0.3) is 5.69 Å². The number of hydrogen-bond acceptors (Lipinski definition) is 6. The number of benzene rings is 2. The van der Waals surface area contributed by atoms with Crippen molar-refractivity contribution in [3.05, 3.63) is 58.1 Å². The summed E-state index contributed by atoms with van der Waals surface area (Å²) >= 11 is 0. The largest absolute Gasteiger partial charge is 0.454 e. The number of nitrogens with one attached hydrogen (secondary N) is 3. The predicted octanol–water partition coefficient (Wildman–Crippen LogP) is 2.72. The summed E-state index contributed by atoms with van der Waals surface area (Å²) in [5.41, 5.74) is 1.59.